The Labute approximate surface area is 134 Å². The average Bonchev–Trinajstić information content (AvgIpc) is 3.18. The van der Waals surface area contributed by atoms with Crippen molar-refractivity contribution < 1.29 is 13.7 Å². The predicted octanol–water partition coefficient (Wildman–Crippen LogP) is 3.64. The van der Waals surface area contributed by atoms with Crippen LogP contribution in [0, 0.1) is 11.2 Å². The molecule has 0 radical (unpaired) electrons. The molecule has 1 saturated heterocycles. The van der Waals surface area contributed by atoms with E-state index >= 15 is 0 Å². The number of hydrogen-bond acceptors (Lipinski definition) is 5. The van der Waals surface area contributed by atoms with Gasteiger partial charge in [0.05, 0.1) is 0 Å². The highest BCUT2D eigenvalue weighted by atomic mass is 19.1. The minimum Gasteiger partial charge on any atom is -0.381 e. The molecule has 1 atom stereocenters. The van der Waals surface area contributed by atoms with Gasteiger partial charge in [0.2, 0.25) is 5.82 Å². The van der Waals surface area contributed by atoms with Crippen LogP contribution in [0.3, 0.4) is 0 Å². The van der Waals surface area contributed by atoms with E-state index in [2.05, 4.69) is 15.5 Å². The third-order valence-corrected chi connectivity index (χ3v) is 5.22. The molecule has 2 heterocycles. The van der Waals surface area contributed by atoms with Gasteiger partial charge < -0.3 is 14.6 Å². The molecule has 2 fully saturated rings. The minimum atomic E-state index is -0.275. The van der Waals surface area contributed by atoms with Crippen molar-refractivity contribution in [3.05, 3.63) is 30.1 Å². The smallest absolute Gasteiger partial charge is 0.322 e. The van der Waals surface area contributed by atoms with Gasteiger partial charge in [0.25, 0.3) is 0 Å². The summed E-state index contributed by atoms with van der Waals surface area (Å²) < 4.78 is 23.9. The van der Waals surface area contributed by atoms with Crippen LogP contribution in [0.2, 0.25) is 0 Å². The van der Waals surface area contributed by atoms with E-state index in [1.165, 1.54) is 25.0 Å². The predicted molar refractivity (Wildman–Crippen MR) is 83.4 cm³/mol. The van der Waals surface area contributed by atoms with Crippen molar-refractivity contribution in [2.45, 2.75) is 38.1 Å². The molecule has 1 aromatic carbocycles. The summed E-state index contributed by atoms with van der Waals surface area (Å²) in [6.45, 7) is 1.67. The summed E-state index contributed by atoms with van der Waals surface area (Å²) in [5.74, 6) is 0.203. The average molecular weight is 317 g/mol. The molecule has 23 heavy (non-hydrogen) atoms. The summed E-state index contributed by atoms with van der Waals surface area (Å²) in [5, 5.41) is 7.43. The van der Waals surface area contributed by atoms with Crippen molar-refractivity contribution in [3.63, 3.8) is 0 Å². The van der Waals surface area contributed by atoms with Crippen LogP contribution in [0.15, 0.2) is 28.8 Å². The van der Waals surface area contributed by atoms with Gasteiger partial charge in [-0.2, -0.15) is 4.98 Å². The van der Waals surface area contributed by atoms with Gasteiger partial charge in [-0.25, -0.2) is 4.39 Å². The molecule has 0 bridgehead atoms. The molecule has 122 valence electrons. The Morgan fingerprint density at radius 3 is 2.70 bits per heavy atom. The van der Waals surface area contributed by atoms with E-state index in [9.17, 15) is 4.39 Å². The van der Waals surface area contributed by atoms with Gasteiger partial charge in [0.15, 0.2) is 0 Å². The summed E-state index contributed by atoms with van der Waals surface area (Å²) in [4.78, 5) is 4.41. The number of anilines is 1. The molecule has 5 nitrogen and oxygen atoms in total. The Kier molecular flexibility index (Phi) is 3.77. The topological polar surface area (TPSA) is 60.2 Å². The van der Waals surface area contributed by atoms with Crippen molar-refractivity contribution in [3.8, 4) is 11.4 Å². The van der Waals surface area contributed by atoms with Gasteiger partial charge in [0, 0.05) is 24.8 Å². The summed E-state index contributed by atoms with van der Waals surface area (Å²) in [5.41, 5.74) is 1.04. The summed E-state index contributed by atoms with van der Waals surface area (Å²) in [7, 11) is 0. The lowest BCUT2D eigenvalue weighted by atomic mass is 9.75. The lowest BCUT2D eigenvalue weighted by molar-refractivity contribution is 0.0131. The summed E-state index contributed by atoms with van der Waals surface area (Å²) in [6.07, 6.45) is 5.74. The largest absolute Gasteiger partial charge is 0.381 e. The second kappa shape index (κ2) is 5.92. The molecule has 1 unspecified atom stereocenters. The molecule has 2 aliphatic rings. The van der Waals surface area contributed by atoms with Gasteiger partial charge in [0.1, 0.15) is 5.82 Å². The minimum absolute atomic E-state index is 0.275. The number of aromatic nitrogens is 2. The van der Waals surface area contributed by atoms with Gasteiger partial charge >= 0.3 is 6.01 Å². The number of nitrogens with zero attached hydrogens (tertiary/aromatic N) is 2. The fourth-order valence-electron chi connectivity index (χ4n) is 3.89. The fourth-order valence-corrected chi connectivity index (χ4v) is 3.89. The zero-order chi connectivity index (χ0) is 15.7. The quantitative estimate of drug-likeness (QED) is 0.936. The van der Waals surface area contributed by atoms with Crippen LogP contribution in [0.5, 0.6) is 0 Å². The van der Waals surface area contributed by atoms with E-state index in [1.807, 2.05) is 0 Å². The van der Waals surface area contributed by atoms with E-state index < -0.39 is 0 Å². The summed E-state index contributed by atoms with van der Waals surface area (Å²) in [6, 6.07) is 6.90. The highest BCUT2D eigenvalue weighted by molar-refractivity contribution is 5.55. The number of ether oxygens (including phenoxy) is 1. The Morgan fingerprint density at radius 1 is 1.13 bits per heavy atom. The first-order valence-electron chi connectivity index (χ1n) is 8.19. The van der Waals surface area contributed by atoms with Crippen molar-refractivity contribution in [1.82, 2.24) is 10.1 Å². The molecule has 0 amide bonds. The lowest BCUT2D eigenvalue weighted by Gasteiger charge is -2.38. The standard InChI is InChI=1S/C17H20FN3O2/c18-13-5-3-12(4-6-13)15-20-16(23-21-15)19-14-2-1-7-17(14)8-10-22-11-9-17/h3-6,14H,1-2,7-11H2,(H,19,20,21). The van der Waals surface area contributed by atoms with E-state index in [1.54, 1.807) is 12.1 Å². The molecular weight excluding hydrogens is 297 g/mol. The SMILES string of the molecule is Fc1ccc(-c2noc(NC3CCCC34CCOCC4)n2)cc1. The molecule has 1 aromatic heterocycles. The van der Waals surface area contributed by atoms with Gasteiger partial charge in [-0.3, -0.25) is 0 Å². The maximum absolute atomic E-state index is 13.0. The zero-order valence-electron chi connectivity index (χ0n) is 12.9. The van der Waals surface area contributed by atoms with Crippen molar-refractivity contribution in [2.75, 3.05) is 18.5 Å². The Hall–Kier alpha value is -1.95. The Balaban J connectivity index is 1.50. The number of nitrogens with one attached hydrogen (secondary N) is 1. The second-order valence-electron chi connectivity index (χ2n) is 6.49. The number of hydrogen-bond donors (Lipinski definition) is 1. The highest BCUT2D eigenvalue weighted by Gasteiger charge is 2.44. The van der Waals surface area contributed by atoms with Crippen LogP contribution < -0.4 is 5.32 Å². The maximum atomic E-state index is 13.0. The van der Waals surface area contributed by atoms with E-state index in [0.717, 1.165) is 38.0 Å². The second-order valence-corrected chi connectivity index (χ2v) is 6.49. The van der Waals surface area contributed by atoms with Crippen LogP contribution in [-0.4, -0.2) is 29.4 Å². The number of rotatable bonds is 3. The van der Waals surface area contributed by atoms with Gasteiger partial charge in [-0.1, -0.05) is 11.6 Å². The fraction of sp³-hybridized carbons (Fsp3) is 0.529. The molecule has 1 N–H and O–H groups in total. The molecule has 1 spiro atoms. The Morgan fingerprint density at radius 2 is 1.91 bits per heavy atom. The van der Waals surface area contributed by atoms with Crippen LogP contribution in [0.1, 0.15) is 32.1 Å². The normalized spacial score (nSPS) is 23.3. The van der Waals surface area contributed by atoms with Crippen LogP contribution in [0.25, 0.3) is 11.4 Å². The van der Waals surface area contributed by atoms with E-state index in [4.69, 9.17) is 9.26 Å². The zero-order valence-corrected chi connectivity index (χ0v) is 12.9. The van der Waals surface area contributed by atoms with Crippen LogP contribution in [0.4, 0.5) is 10.4 Å². The van der Waals surface area contributed by atoms with E-state index in [0.29, 0.717) is 23.3 Å². The lowest BCUT2D eigenvalue weighted by Crippen LogP contribution is -2.40. The van der Waals surface area contributed by atoms with Crippen molar-refractivity contribution in [1.29, 1.82) is 0 Å². The third-order valence-electron chi connectivity index (χ3n) is 5.22. The molecule has 2 aromatic rings. The van der Waals surface area contributed by atoms with Crippen molar-refractivity contribution >= 4 is 6.01 Å². The number of halogens is 1. The van der Waals surface area contributed by atoms with Gasteiger partial charge in [-0.15, -0.1) is 0 Å². The van der Waals surface area contributed by atoms with Crippen molar-refractivity contribution in [2.24, 2.45) is 5.41 Å². The maximum Gasteiger partial charge on any atom is 0.322 e. The van der Waals surface area contributed by atoms with Crippen LogP contribution >= 0.6 is 0 Å². The molecule has 4 rings (SSSR count). The number of benzene rings is 1. The first-order chi connectivity index (χ1) is 11.3. The van der Waals surface area contributed by atoms with Crippen LogP contribution in [-0.2, 0) is 4.74 Å². The molecule has 6 heteroatoms. The first-order valence-corrected chi connectivity index (χ1v) is 8.19. The monoisotopic (exact) mass is 317 g/mol. The molecule has 1 aliphatic carbocycles. The third kappa shape index (κ3) is 2.83. The van der Waals surface area contributed by atoms with E-state index in [-0.39, 0.29) is 5.82 Å². The molecule has 1 saturated carbocycles. The first kappa shape index (κ1) is 14.6. The van der Waals surface area contributed by atoms with Gasteiger partial charge in [-0.05, 0) is 55.4 Å². The molecule has 1 aliphatic heterocycles. The Bertz CT molecular complexity index is 665. The highest BCUT2D eigenvalue weighted by Crippen LogP contribution is 2.47. The summed E-state index contributed by atoms with van der Waals surface area (Å²) >= 11 is 0. The molecular formula is C17H20FN3O2.